The van der Waals surface area contributed by atoms with Crippen LogP contribution in [-0.4, -0.2) is 17.1 Å². The van der Waals surface area contributed by atoms with Crippen LogP contribution in [0.25, 0.3) is 21.3 Å². The minimum atomic E-state index is 0.456. The van der Waals surface area contributed by atoms with Gasteiger partial charge in [0.15, 0.2) is 0 Å². The predicted molar refractivity (Wildman–Crippen MR) is 84.2 cm³/mol. The number of hydrogen-bond acceptors (Lipinski definition) is 4. The Balaban J connectivity index is 2.29. The molecule has 3 nitrogen and oxygen atoms in total. The van der Waals surface area contributed by atoms with Gasteiger partial charge in [-0.05, 0) is 24.1 Å². The maximum Gasteiger partial charge on any atom is 0.141 e. The predicted octanol–water partition coefficient (Wildman–Crippen LogP) is 4.98. The Bertz CT molecular complexity index is 801. The van der Waals surface area contributed by atoms with Crippen molar-refractivity contribution in [2.75, 3.05) is 7.11 Å². The van der Waals surface area contributed by atoms with E-state index < -0.39 is 0 Å². The maximum atomic E-state index is 6.32. The lowest BCUT2D eigenvalue weighted by Crippen LogP contribution is -1.90. The molecule has 1 aromatic carbocycles. The number of fused-ring (bicyclic) bond motifs is 1. The van der Waals surface area contributed by atoms with Gasteiger partial charge in [-0.3, -0.25) is 0 Å². The Morgan fingerprint density at radius 2 is 1.95 bits per heavy atom. The van der Waals surface area contributed by atoms with Crippen molar-refractivity contribution in [2.45, 2.75) is 6.92 Å². The number of hydrogen-bond donors (Lipinski definition) is 0. The lowest BCUT2D eigenvalue weighted by atomic mass is 10.0. The quantitative estimate of drug-likeness (QED) is 0.623. The minimum Gasteiger partial charge on any atom is -0.495 e. The number of thiophene rings is 1. The molecule has 0 bridgehead atoms. The lowest BCUT2D eigenvalue weighted by Gasteiger charge is -2.10. The van der Waals surface area contributed by atoms with E-state index in [9.17, 15) is 0 Å². The van der Waals surface area contributed by atoms with Crippen molar-refractivity contribution in [3.63, 3.8) is 0 Å². The van der Waals surface area contributed by atoms with Crippen LogP contribution in [0.3, 0.4) is 0 Å². The second-order valence-electron chi connectivity index (χ2n) is 4.25. The van der Waals surface area contributed by atoms with Gasteiger partial charge in [0.2, 0.25) is 0 Å². The first-order chi connectivity index (χ1) is 9.63. The van der Waals surface area contributed by atoms with Crippen molar-refractivity contribution < 1.29 is 4.74 Å². The molecule has 0 aliphatic heterocycles. The highest BCUT2D eigenvalue weighted by Gasteiger charge is 2.16. The van der Waals surface area contributed by atoms with E-state index >= 15 is 0 Å². The van der Waals surface area contributed by atoms with Gasteiger partial charge in [0, 0.05) is 10.9 Å². The summed E-state index contributed by atoms with van der Waals surface area (Å²) in [5.74, 6) is 0.662. The van der Waals surface area contributed by atoms with Gasteiger partial charge in [0.25, 0.3) is 0 Å². The topological polar surface area (TPSA) is 35.0 Å². The number of benzene rings is 1. The largest absolute Gasteiger partial charge is 0.495 e. The number of ether oxygens (including phenoxy) is 1. The van der Waals surface area contributed by atoms with E-state index in [1.165, 1.54) is 17.7 Å². The lowest BCUT2D eigenvalue weighted by molar-refractivity contribution is 0.415. The average molecular weight is 325 g/mol. The molecule has 0 atom stereocenters. The van der Waals surface area contributed by atoms with Crippen molar-refractivity contribution in [2.24, 2.45) is 0 Å². The third kappa shape index (κ3) is 2.04. The van der Waals surface area contributed by atoms with Crippen LogP contribution in [0.2, 0.25) is 10.2 Å². The van der Waals surface area contributed by atoms with E-state index in [4.69, 9.17) is 27.9 Å². The molecule has 2 aromatic heterocycles. The Kier molecular flexibility index (Phi) is 3.54. The first-order valence-corrected chi connectivity index (χ1v) is 7.48. The fourth-order valence-electron chi connectivity index (χ4n) is 2.15. The first kappa shape index (κ1) is 13.6. The maximum absolute atomic E-state index is 6.32. The monoisotopic (exact) mass is 324 g/mol. The molecule has 102 valence electrons. The van der Waals surface area contributed by atoms with Crippen LogP contribution in [0.5, 0.6) is 5.75 Å². The minimum absolute atomic E-state index is 0.456. The molecule has 0 N–H and O–H groups in total. The molecule has 3 rings (SSSR count). The molecule has 20 heavy (non-hydrogen) atoms. The van der Waals surface area contributed by atoms with E-state index in [1.807, 2.05) is 24.4 Å². The van der Waals surface area contributed by atoms with Crippen molar-refractivity contribution in [3.05, 3.63) is 39.6 Å². The SMILES string of the molecule is COc1ccc(-c2csc3ncnc(Cl)c23)c(C)c1Cl. The number of aromatic nitrogens is 2. The normalized spacial score (nSPS) is 11.0. The van der Waals surface area contributed by atoms with Crippen LogP contribution in [0.15, 0.2) is 23.8 Å². The molecule has 3 aromatic rings. The highest BCUT2D eigenvalue weighted by Crippen LogP contribution is 2.41. The zero-order valence-electron chi connectivity index (χ0n) is 10.8. The molecule has 0 saturated heterocycles. The molecule has 0 fully saturated rings. The number of rotatable bonds is 2. The van der Waals surface area contributed by atoms with E-state index in [2.05, 4.69) is 9.97 Å². The molecular formula is C14H10Cl2N2OS. The van der Waals surface area contributed by atoms with E-state index in [1.54, 1.807) is 7.11 Å². The van der Waals surface area contributed by atoms with Gasteiger partial charge in [-0.25, -0.2) is 9.97 Å². The standard InChI is InChI=1S/C14H10Cl2N2OS/c1-7-8(3-4-10(19-2)12(7)15)9-5-20-14-11(9)13(16)17-6-18-14/h3-6H,1-2H3. The van der Waals surface area contributed by atoms with Crippen LogP contribution >= 0.6 is 34.5 Å². The Hall–Kier alpha value is -1.36. The fourth-order valence-corrected chi connectivity index (χ4v) is 3.59. The van der Waals surface area contributed by atoms with Crippen LogP contribution in [0, 0.1) is 6.92 Å². The fraction of sp³-hybridized carbons (Fsp3) is 0.143. The van der Waals surface area contributed by atoms with Gasteiger partial charge >= 0.3 is 0 Å². The van der Waals surface area contributed by atoms with Crippen LogP contribution in [0.4, 0.5) is 0 Å². The number of nitrogens with zero attached hydrogens (tertiary/aromatic N) is 2. The number of halogens is 2. The Morgan fingerprint density at radius 1 is 1.15 bits per heavy atom. The van der Waals surface area contributed by atoms with Crippen molar-refractivity contribution >= 4 is 44.8 Å². The zero-order valence-corrected chi connectivity index (χ0v) is 13.1. The van der Waals surface area contributed by atoms with Gasteiger partial charge in [0.05, 0.1) is 17.5 Å². The summed E-state index contributed by atoms with van der Waals surface area (Å²) in [6.07, 6.45) is 1.47. The first-order valence-electron chi connectivity index (χ1n) is 5.84. The van der Waals surface area contributed by atoms with Gasteiger partial charge in [0.1, 0.15) is 22.1 Å². The molecule has 0 spiro atoms. The van der Waals surface area contributed by atoms with E-state index in [0.29, 0.717) is 15.9 Å². The molecule has 2 heterocycles. The highest BCUT2D eigenvalue weighted by molar-refractivity contribution is 7.17. The van der Waals surface area contributed by atoms with Gasteiger partial charge in [-0.15, -0.1) is 11.3 Å². The average Bonchev–Trinajstić information content (AvgIpc) is 2.87. The van der Waals surface area contributed by atoms with Gasteiger partial charge in [-0.2, -0.15) is 0 Å². The summed E-state index contributed by atoms with van der Waals surface area (Å²) >= 11 is 14.1. The summed E-state index contributed by atoms with van der Waals surface area (Å²) in [5, 5.41) is 3.95. The Labute approximate surface area is 130 Å². The molecule has 0 unspecified atom stereocenters. The molecule has 0 aliphatic carbocycles. The molecular weight excluding hydrogens is 315 g/mol. The van der Waals surface area contributed by atoms with Crippen molar-refractivity contribution in [1.29, 1.82) is 0 Å². The highest BCUT2D eigenvalue weighted by atomic mass is 35.5. The Morgan fingerprint density at radius 3 is 2.70 bits per heavy atom. The summed E-state index contributed by atoms with van der Waals surface area (Å²) < 4.78 is 5.23. The van der Waals surface area contributed by atoms with Crippen LogP contribution in [-0.2, 0) is 0 Å². The summed E-state index contributed by atoms with van der Waals surface area (Å²) in [7, 11) is 1.60. The molecule has 0 aliphatic rings. The second-order valence-corrected chi connectivity index (χ2v) is 5.84. The number of methoxy groups -OCH3 is 1. The molecule has 6 heteroatoms. The smallest absolute Gasteiger partial charge is 0.141 e. The van der Waals surface area contributed by atoms with Crippen LogP contribution in [0.1, 0.15) is 5.56 Å². The van der Waals surface area contributed by atoms with Gasteiger partial charge < -0.3 is 4.74 Å². The van der Waals surface area contributed by atoms with Crippen LogP contribution < -0.4 is 4.74 Å². The van der Waals surface area contributed by atoms with E-state index in [0.717, 1.165) is 26.9 Å². The second kappa shape index (κ2) is 5.20. The summed E-state index contributed by atoms with van der Waals surface area (Å²) in [6.45, 7) is 1.96. The van der Waals surface area contributed by atoms with Gasteiger partial charge in [-0.1, -0.05) is 29.3 Å². The van der Waals surface area contributed by atoms with Crippen molar-refractivity contribution in [3.8, 4) is 16.9 Å². The van der Waals surface area contributed by atoms with E-state index in [-0.39, 0.29) is 0 Å². The summed E-state index contributed by atoms with van der Waals surface area (Å²) in [4.78, 5) is 9.16. The molecule has 0 amide bonds. The molecule has 0 radical (unpaired) electrons. The van der Waals surface area contributed by atoms with Crippen molar-refractivity contribution in [1.82, 2.24) is 9.97 Å². The summed E-state index contributed by atoms with van der Waals surface area (Å²) in [6, 6.07) is 3.83. The third-order valence-electron chi connectivity index (χ3n) is 3.19. The third-order valence-corrected chi connectivity index (χ3v) is 4.83. The zero-order chi connectivity index (χ0) is 14.3. The molecule has 0 saturated carbocycles. The summed E-state index contributed by atoms with van der Waals surface area (Å²) in [5.41, 5.74) is 2.96.